The molecule has 2 aromatic rings. The summed E-state index contributed by atoms with van der Waals surface area (Å²) >= 11 is 6.07. The van der Waals surface area contributed by atoms with E-state index >= 15 is 0 Å². The Morgan fingerprint density at radius 2 is 2.04 bits per heavy atom. The van der Waals surface area contributed by atoms with Crippen LogP contribution in [0.5, 0.6) is 11.6 Å². The van der Waals surface area contributed by atoms with Crippen LogP contribution in [-0.4, -0.2) is 21.6 Å². The van der Waals surface area contributed by atoms with Crippen molar-refractivity contribution in [3.8, 4) is 17.7 Å². The third-order valence-corrected chi connectivity index (χ3v) is 4.85. The molecule has 1 atom stereocenters. The predicted octanol–water partition coefficient (Wildman–Crippen LogP) is 4.23. The number of hydrogen-bond donors (Lipinski definition) is 1. The molecule has 6 nitrogen and oxygen atoms in total. The number of pyridine rings is 1. The number of nitriles is 1. The van der Waals surface area contributed by atoms with Crippen molar-refractivity contribution in [1.82, 2.24) is 4.57 Å². The van der Waals surface area contributed by atoms with Gasteiger partial charge in [-0.1, -0.05) is 43.5 Å². The Balaban J connectivity index is 2.46. The van der Waals surface area contributed by atoms with E-state index in [4.69, 9.17) is 16.3 Å². The van der Waals surface area contributed by atoms with Crippen LogP contribution in [0.4, 0.5) is 0 Å². The van der Waals surface area contributed by atoms with E-state index in [0.717, 1.165) is 17.4 Å². The molecule has 1 heterocycles. The van der Waals surface area contributed by atoms with Crippen molar-refractivity contribution >= 4 is 17.4 Å². The number of carbonyl (C=O) groups excluding carboxylic acids is 1. The van der Waals surface area contributed by atoms with Crippen molar-refractivity contribution in [2.45, 2.75) is 52.7 Å². The molecule has 148 valence electrons. The standard InChI is InChI=1S/C21H23ClN2O4/c1-4-5-8-11-24-20(26)15(12-23)13(2)18(21(24)27)19(25)14(3)28-17-10-7-6-9-16(17)22/h6-7,9-10,14,27H,4-5,8,11H2,1-3H3. The van der Waals surface area contributed by atoms with Crippen molar-refractivity contribution in [3.05, 3.63) is 56.3 Å². The number of para-hydroxylation sites is 1. The topological polar surface area (TPSA) is 92.3 Å². The molecule has 28 heavy (non-hydrogen) atoms. The molecule has 7 heteroatoms. The summed E-state index contributed by atoms with van der Waals surface area (Å²) in [6, 6.07) is 8.59. The van der Waals surface area contributed by atoms with Gasteiger partial charge in [-0.2, -0.15) is 5.26 Å². The lowest BCUT2D eigenvalue weighted by Gasteiger charge is -2.19. The normalized spacial score (nSPS) is 11.7. The average Bonchev–Trinajstić information content (AvgIpc) is 2.66. The molecule has 1 N–H and O–H groups in total. The zero-order valence-corrected chi connectivity index (χ0v) is 16.9. The van der Waals surface area contributed by atoms with Crippen LogP contribution in [-0.2, 0) is 6.54 Å². The smallest absolute Gasteiger partial charge is 0.271 e. The van der Waals surface area contributed by atoms with Gasteiger partial charge in [0.1, 0.15) is 17.4 Å². The molecular weight excluding hydrogens is 380 g/mol. The van der Waals surface area contributed by atoms with Crippen LogP contribution in [0.1, 0.15) is 54.6 Å². The molecule has 0 amide bonds. The number of ether oxygens (including phenoxy) is 1. The second kappa shape index (κ2) is 9.43. The quantitative estimate of drug-likeness (QED) is 0.527. The van der Waals surface area contributed by atoms with E-state index < -0.39 is 23.3 Å². The van der Waals surface area contributed by atoms with Crippen molar-refractivity contribution in [3.63, 3.8) is 0 Å². The summed E-state index contributed by atoms with van der Waals surface area (Å²) < 4.78 is 6.74. The predicted molar refractivity (Wildman–Crippen MR) is 107 cm³/mol. The number of halogens is 1. The summed E-state index contributed by atoms with van der Waals surface area (Å²) in [6.45, 7) is 5.25. The van der Waals surface area contributed by atoms with E-state index in [9.17, 15) is 20.0 Å². The number of nitrogens with zero attached hydrogens (tertiary/aromatic N) is 2. The maximum atomic E-state index is 13.0. The molecule has 0 aliphatic carbocycles. The molecule has 0 saturated heterocycles. The highest BCUT2D eigenvalue weighted by Crippen LogP contribution is 2.28. The second-order valence-electron chi connectivity index (χ2n) is 6.53. The second-order valence-corrected chi connectivity index (χ2v) is 6.94. The molecular formula is C21H23ClN2O4. The van der Waals surface area contributed by atoms with E-state index in [1.807, 2.05) is 13.0 Å². The van der Waals surface area contributed by atoms with E-state index in [0.29, 0.717) is 17.2 Å². The number of unbranched alkanes of at least 4 members (excludes halogenated alkanes) is 2. The number of aromatic nitrogens is 1. The Morgan fingerprint density at radius 3 is 2.64 bits per heavy atom. The lowest BCUT2D eigenvalue weighted by molar-refractivity contribution is 0.0812. The SMILES string of the molecule is CCCCCn1c(O)c(C(=O)C(C)Oc2ccccc2Cl)c(C)c(C#N)c1=O. The summed E-state index contributed by atoms with van der Waals surface area (Å²) in [5.41, 5.74) is -0.670. The maximum Gasteiger partial charge on any atom is 0.271 e. The number of rotatable bonds is 8. The van der Waals surface area contributed by atoms with Gasteiger partial charge in [-0.15, -0.1) is 0 Å². The maximum absolute atomic E-state index is 13.0. The van der Waals surface area contributed by atoms with E-state index in [-0.39, 0.29) is 23.2 Å². The van der Waals surface area contributed by atoms with Crippen LogP contribution >= 0.6 is 11.6 Å². The lowest BCUT2D eigenvalue weighted by atomic mass is 9.99. The number of ketones is 1. The van der Waals surface area contributed by atoms with Crippen LogP contribution in [0, 0.1) is 18.3 Å². The summed E-state index contributed by atoms with van der Waals surface area (Å²) in [4.78, 5) is 25.5. The van der Waals surface area contributed by atoms with Gasteiger partial charge in [-0.25, -0.2) is 0 Å². The molecule has 1 aromatic carbocycles. The molecule has 0 bridgehead atoms. The summed E-state index contributed by atoms with van der Waals surface area (Å²) in [7, 11) is 0. The highest BCUT2D eigenvalue weighted by atomic mass is 35.5. The van der Waals surface area contributed by atoms with Crippen LogP contribution in [0.2, 0.25) is 5.02 Å². The van der Waals surface area contributed by atoms with E-state index in [2.05, 4.69) is 0 Å². The fraction of sp³-hybridized carbons (Fsp3) is 0.381. The number of benzene rings is 1. The number of hydrogen-bond acceptors (Lipinski definition) is 5. The van der Waals surface area contributed by atoms with E-state index in [1.165, 1.54) is 13.8 Å². The average molecular weight is 403 g/mol. The minimum absolute atomic E-state index is 0.0767. The number of aromatic hydroxyl groups is 1. The van der Waals surface area contributed by atoms with Crippen LogP contribution in [0.15, 0.2) is 29.1 Å². The highest BCUT2D eigenvalue weighted by Gasteiger charge is 2.28. The van der Waals surface area contributed by atoms with Gasteiger partial charge >= 0.3 is 0 Å². The highest BCUT2D eigenvalue weighted by molar-refractivity contribution is 6.32. The van der Waals surface area contributed by atoms with Crippen molar-refractivity contribution in [1.29, 1.82) is 5.26 Å². The summed E-state index contributed by atoms with van der Waals surface area (Å²) in [5, 5.41) is 20.4. The molecule has 0 fully saturated rings. The Kier molecular flexibility index (Phi) is 7.24. The number of carbonyl (C=O) groups is 1. The first-order chi connectivity index (χ1) is 13.3. The van der Waals surface area contributed by atoms with Crippen molar-refractivity contribution in [2.75, 3.05) is 0 Å². The molecule has 1 aromatic heterocycles. The van der Waals surface area contributed by atoms with Gasteiger partial charge in [0.05, 0.1) is 10.6 Å². The fourth-order valence-corrected chi connectivity index (χ4v) is 3.14. The minimum atomic E-state index is -0.974. The third kappa shape index (κ3) is 4.37. The lowest BCUT2D eigenvalue weighted by Crippen LogP contribution is -2.31. The molecule has 0 spiro atoms. The fourth-order valence-electron chi connectivity index (χ4n) is 2.96. The Bertz CT molecular complexity index is 976. The summed E-state index contributed by atoms with van der Waals surface area (Å²) in [6.07, 6.45) is 1.47. The van der Waals surface area contributed by atoms with Crippen molar-refractivity contribution in [2.24, 2.45) is 0 Å². The Morgan fingerprint density at radius 1 is 1.36 bits per heavy atom. The first-order valence-corrected chi connectivity index (χ1v) is 9.53. The van der Waals surface area contributed by atoms with Crippen LogP contribution < -0.4 is 10.3 Å². The first-order valence-electron chi connectivity index (χ1n) is 9.15. The van der Waals surface area contributed by atoms with Gasteiger partial charge in [-0.05, 0) is 38.0 Å². The molecule has 0 aliphatic heterocycles. The van der Waals surface area contributed by atoms with Crippen molar-refractivity contribution < 1.29 is 14.6 Å². The minimum Gasteiger partial charge on any atom is -0.494 e. The first kappa shape index (κ1) is 21.5. The zero-order chi connectivity index (χ0) is 20.8. The Labute approximate surface area is 168 Å². The van der Waals surface area contributed by atoms with Crippen LogP contribution in [0.25, 0.3) is 0 Å². The molecule has 0 aliphatic rings. The largest absolute Gasteiger partial charge is 0.494 e. The zero-order valence-electron chi connectivity index (χ0n) is 16.2. The van der Waals surface area contributed by atoms with Gasteiger partial charge in [-0.3, -0.25) is 14.2 Å². The molecule has 2 rings (SSSR count). The van der Waals surface area contributed by atoms with Crippen LogP contribution in [0.3, 0.4) is 0 Å². The van der Waals surface area contributed by atoms with Gasteiger partial charge in [0.25, 0.3) is 5.56 Å². The van der Waals surface area contributed by atoms with Gasteiger partial charge in [0, 0.05) is 6.54 Å². The molecule has 1 unspecified atom stereocenters. The van der Waals surface area contributed by atoms with E-state index in [1.54, 1.807) is 24.3 Å². The Hall–Kier alpha value is -2.78. The van der Waals surface area contributed by atoms with Gasteiger partial charge in [0.15, 0.2) is 6.10 Å². The monoisotopic (exact) mass is 402 g/mol. The number of Topliss-reactive ketones (excluding diaryl/α,β-unsaturated/α-hetero) is 1. The van der Waals surface area contributed by atoms with Gasteiger partial charge in [0.2, 0.25) is 11.7 Å². The molecule has 0 saturated carbocycles. The molecule has 0 radical (unpaired) electrons. The third-order valence-electron chi connectivity index (χ3n) is 4.54. The summed E-state index contributed by atoms with van der Waals surface area (Å²) in [5.74, 6) is -0.633. The van der Waals surface area contributed by atoms with Gasteiger partial charge < -0.3 is 9.84 Å².